The molecule has 7 heteroatoms. The van der Waals surface area contributed by atoms with E-state index in [0.29, 0.717) is 17.9 Å². The van der Waals surface area contributed by atoms with Crippen molar-refractivity contribution in [3.63, 3.8) is 0 Å². The fourth-order valence-corrected chi connectivity index (χ4v) is 3.20. The number of rotatable bonds is 5. The van der Waals surface area contributed by atoms with E-state index in [1.165, 1.54) is 6.42 Å². The van der Waals surface area contributed by atoms with Gasteiger partial charge in [0.2, 0.25) is 5.82 Å². The van der Waals surface area contributed by atoms with Crippen LogP contribution in [0.15, 0.2) is 59.7 Å². The third-order valence-corrected chi connectivity index (χ3v) is 4.77. The number of hydrogen-bond donors (Lipinski definition) is 1. The second-order valence-corrected chi connectivity index (χ2v) is 6.89. The Morgan fingerprint density at radius 2 is 1.75 bits per heavy atom. The highest BCUT2D eigenvalue weighted by atomic mass is 16.2. The molecule has 28 heavy (non-hydrogen) atoms. The molecule has 4 rings (SSSR count). The van der Waals surface area contributed by atoms with Crippen molar-refractivity contribution >= 4 is 11.6 Å². The minimum Gasteiger partial charge on any atom is -0.267 e. The Kier molecular flexibility index (Phi) is 5.51. The van der Waals surface area contributed by atoms with Crippen molar-refractivity contribution in [2.24, 2.45) is 5.10 Å². The van der Waals surface area contributed by atoms with Crippen LogP contribution in [0.2, 0.25) is 0 Å². The maximum Gasteiger partial charge on any atom is 0.271 e. The highest BCUT2D eigenvalue weighted by Gasteiger charge is 2.10. The zero-order valence-electron chi connectivity index (χ0n) is 15.6. The molecule has 1 aromatic heterocycles. The lowest BCUT2D eigenvalue weighted by Crippen LogP contribution is -2.20. The summed E-state index contributed by atoms with van der Waals surface area (Å²) in [7, 11) is 0. The molecule has 0 unspecified atom stereocenters. The monoisotopic (exact) mass is 374 g/mol. The third kappa shape index (κ3) is 4.49. The lowest BCUT2D eigenvalue weighted by Gasteiger charge is -2.12. The molecule has 2 aromatic carbocycles. The molecule has 1 amide bonds. The molecular formula is C21H22N6O. The van der Waals surface area contributed by atoms with E-state index in [1.807, 2.05) is 42.5 Å². The van der Waals surface area contributed by atoms with Gasteiger partial charge in [0.1, 0.15) is 0 Å². The van der Waals surface area contributed by atoms with Crippen molar-refractivity contribution < 1.29 is 4.79 Å². The highest BCUT2D eigenvalue weighted by molar-refractivity contribution is 5.95. The predicted octanol–water partition coefficient (Wildman–Crippen LogP) is 3.44. The topological polar surface area (TPSA) is 85.1 Å². The van der Waals surface area contributed by atoms with Gasteiger partial charge in [-0.05, 0) is 48.6 Å². The van der Waals surface area contributed by atoms with Crippen LogP contribution in [-0.4, -0.2) is 31.8 Å². The van der Waals surface area contributed by atoms with Crippen molar-refractivity contribution in [3.05, 3.63) is 65.7 Å². The Bertz CT molecular complexity index is 954. The minimum atomic E-state index is -0.185. The molecule has 0 saturated heterocycles. The van der Waals surface area contributed by atoms with Gasteiger partial charge in [-0.1, -0.05) is 48.9 Å². The summed E-state index contributed by atoms with van der Waals surface area (Å²) in [5, 5.41) is 16.9. The molecule has 0 radical (unpaired) electrons. The average molecular weight is 374 g/mol. The van der Waals surface area contributed by atoms with E-state index in [4.69, 9.17) is 0 Å². The standard InChI is InChI=1S/C21H22N6O/c28-21(24-22-19-9-5-2-6-10-19)18-13-11-16(12-14-18)15-27-25-20(23-26-27)17-7-3-1-4-8-17/h1,3-4,7-8,11-14H,2,5-6,9-10,15H2,(H,24,28). The molecule has 1 heterocycles. The van der Waals surface area contributed by atoms with Gasteiger partial charge in [-0.3, -0.25) is 4.79 Å². The summed E-state index contributed by atoms with van der Waals surface area (Å²) in [5.41, 5.74) is 6.26. The Morgan fingerprint density at radius 3 is 2.50 bits per heavy atom. The third-order valence-electron chi connectivity index (χ3n) is 4.77. The molecule has 1 N–H and O–H groups in total. The number of nitrogens with zero attached hydrogens (tertiary/aromatic N) is 5. The van der Waals surface area contributed by atoms with Crippen molar-refractivity contribution in [3.8, 4) is 11.4 Å². The van der Waals surface area contributed by atoms with Gasteiger partial charge in [0.25, 0.3) is 5.91 Å². The number of nitrogens with one attached hydrogen (secondary N) is 1. The molecule has 7 nitrogen and oxygen atoms in total. The average Bonchev–Trinajstić information content (AvgIpc) is 3.22. The number of tetrazole rings is 1. The van der Waals surface area contributed by atoms with Crippen LogP contribution < -0.4 is 5.43 Å². The molecule has 1 fully saturated rings. The first kappa shape index (κ1) is 18.0. The molecule has 0 aliphatic heterocycles. The van der Waals surface area contributed by atoms with Gasteiger partial charge < -0.3 is 0 Å². The lowest BCUT2D eigenvalue weighted by atomic mass is 9.99. The van der Waals surface area contributed by atoms with Crippen molar-refractivity contribution in [2.75, 3.05) is 0 Å². The van der Waals surface area contributed by atoms with Gasteiger partial charge in [-0.15, -0.1) is 10.2 Å². The molecule has 0 atom stereocenters. The quantitative estimate of drug-likeness (QED) is 0.693. The Hall–Kier alpha value is -3.35. The minimum absolute atomic E-state index is 0.185. The van der Waals surface area contributed by atoms with E-state index in [0.717, 1.165) is 42.5 Å². The van der Waals surface area contributed by atoms with Crippen LogP contribution in [0.25, 0.3) is 11.4 Å². The van der Waals surface area contributed by atoms with E-state index >= 15 is 0 Å². The second kappa shape index (κ2) is 8.56. The zero-order valence-corrected chi connectivity index (χ0v) is 15.6. The van der Waals surface area contributed by atoms with Crippen LogP contribution in [0.4, 0.5) is 0 Å². The fraction of sp³-hybridized carbons (Fsp3) is 0.286. The summed E-state index contributed by atoms with van der Waals surface area (Å²) in [6.07, 6.45) is 5.53. The van der Waals surface area contributed by atoms with Crippen LogP contribution in [0.3, 0.4) is 0 Å². The molecular weight excluding hydrogens is 352 g/mol. The molecule has 0 spiro atoms. The summed E-state index contributed by atoms with van der Waals surface area (Å²) in [4.78, 5) is 13.8. The lowest BCUT2D eigenvalue weighted by molar-refractivity contribution is 0.0954. The number of carbonyl (C=O) groups excluding carboxylic acids is 1. The first-order valence-corrected chi connectivity index (χ1v) is 9.56. The molecule has 142 valence electrons. The Morgan fingerprint density at radius 1 is 1.00 bits per heavy atom. The zero-order chi connectivity index (χ0) is 19.2. The number of hydrazone groups is 1. The first-order valence-electron chi connectivity index (χ1n) is 9.56. The molecule has 3 aromatic rings. The Balaban J connectivity index is 1.37. The SMILES string of the molecule is O=C(NN=C1CCCCC1)c1ccc(Cn2nnc(-c3ccccc3)n2)cc1. The van der Waals surface area contributed by atoms with Gasteiger partial charge >= 0.3 is 0 Å². The largest absolute Gasteiger partial charge is 0.271 e. The van der Waals surface area contributed by atoms with Gasteiger partial charge in [-0.25, -0.2) is 5.43 Å². The van der Waals surface area contributed by atoms with Gasteiger partial charge in [0.15, 0.2) is 0 Å². The second-order valence-electron chi connectivity index (χ2n) is 6.89. The van der Waals surface area contributed by atoms with E-state index in [2.05, 4.69) is 25.9 Å². The van der Waals surface area contributed by atoms with Gasteiger partial charge in [0.05, 0.1) is 6.54 Å². The molecule has 0 bridgehead atoms. The molecule has 1 aliphatic carbocycles. The summed E-state index contributed by atoms with van der Waals surface area (Å²) in [5.74, 6) is 0.410. The van der Waals surface area contributed by atoms with Crippen molar-refractivity contribution in [1.82, 2.24) is 25.6 Å². The van der Waals surface area contributed by atoms with Gasteiger partial charge in [0, 0.05) is 16.8 Å². The molecule has 1 aliphatic rings. The Labute approximate surface area is 163 Å². The van der Waals surface area contributed by atoms with Crippen molar-refractivity contribution in [1.29, 1.82) is 0 Å². The number of amides is 1. The number of hydrogen-bond acceptors (Lipinski definition) is 5. The fourth-order valence-electron chi connectivity index (χ4n) is 3.20. The van der Waals surface area contributed by atoms with Crippen LogP contribution in [-0.2, 0) is 6.54 Å². The van der Waals surface area contributed by atoms with Crippen LogP contribution in [0.1, 0.15) is 48.0 Å². The first-order chi connectivity index (χ1) is 13.8. The van der Waals surface area contributed by atoms with E-state index < -0.39 is 0 Å². The summed E-state index contributed by atoms with van der Waals surface area (Å²) in [6.45, 7) is 0.490. The smallest absolute Gasteiger partial charge is 0.267 e. The molecule has 1 saturated carbocycles. The van der Waals surface area contributed by atoms with Crippen LogP contribution in [0.5, 0.6) is 0 Å². The van der Waals surface area contributed by atoms with E-state index in [9.17, 15) is 4.79 Å². The summed E-state index contributed by atoms with van der Waals surface area (Å²) < 4.78 is 0. The van der Waals surface area contributed by atoms with Gasteiger partial charge in [-0.2, -0.15) is 9.90 Å². The number of carbonyl (C=O) groups is 1. The van der Waals surface area contributed by atoms with Crippen LogP contribution in [0, 0.1) is 0 Å². The maximum absolute atomic E-state index is 12.3. The predicted molar refractivity (Wildman–Crippen MR) is 107 cm³/mol. The van der Waals surface area contributed by atoms with Crippen LogP contribution >= 0.6 is 0 Å². The summed E-state index contributed by atoms with van der Waals surface area (Å²) in [6, 6.07) is 17.1. The van der Waals surface area contributed by atoms with E-state index in [-0.39, 0.29) is 5.91 Å². The number of aromatic nitrogens is 4. The normalized spacial score (nSPS) is 13.9. The summed E-state index contributed by atoms with van der Waals surface area (Å²) >= 11 is 0. The maximum atomic E-state index is 12.3. The van der Waals surface area contributed by atoms with E-state index in [1.54, 1.807) is 16.9 Å². The number of benzene rings is 2. The highest BCUT2D eigenvalue weighted by Crippen LogP contribution is 2.15. The van der Waals surface area contributed by atoms with Crippen molar-refractivity contribution in [2.45, 2.75) is 38.6 Å².